The van der Waals surface area contributed by atoms with E-state index in [1.807, 2.05) is 24.1 Å². The number of nitrogens with zero attached hydrogens (tertiary/aromatic N) is 11. The van der Waals surface area contributed by atoms with Gasteiger partial charge in [0.15, 0.2) is 5.65 Å². The van der Waals surface area contributed by atoms with Crippen molar-refractivity contribution >= 4 is 28.9 Å². The number of amides is 1. The van der Waals surface area contributed by atoms with Crippen LogP contribution in [-0.4, -0.2) is 109 Å². The second-order valence-electron chi connectivity index (χ2n) is 11.3. The number of pyridine rings is 1. The maximum absolute atomic E-state index is 12.7. The first-order chi connectivity index (χ1) is 21.1. The predicted octanol–water partition coefficient (Wildman–Crippen LogP) is 1.42. The normalized spacial score (nSPS) is 17.1. The second-order valence-corrected chi connectivity index (χ2v) is 11.3. The lowest BCUT2D eigenvalue weighted by molar-refractivity contribution is -0.133. The minimum Gasteiger partial charge on any atom is -0.363 e. The van der Waals surface area contributed by atoms with Crippen molar-refractivity contribution in [3.05, 3.63) is 48.7 Å². The molecule has 0 bridgehead atoms. The molecule has 0 radical (unpaired) electrons. The number of likely N-dealkylation sites (N-methyl/N-ethyl adjacent to an activating group) is 1. The molecule has 14 nitrogen and oxygen atoms in total. The van der Waals surface area contributed by atoms with Gasteiger partial charge in [0.25, 0.3) is 0 Å². The Hall–Kier alpha value is -4.69. The van der Waals surface area contributed by atoms with Gasteiger partial charge >= 0.3 is 6.18 Å². The van der Waals surface area contributed by atoms with Gasteiger partial charge in [-0.15, -0.1) is 5.10 Å². The lowest BCUT2D eigenvalue weighted by Gasteiger charge is -2.50. The number of aromatic nitrogens is 7. The number of hydrogen-bond donors (Lipinski definition) is 2. The zero-order valence-electron chi connectivity index (χ0n) is 24.1. The number of nitrogens with one attached hydrogen (secondary N) is 2. The van der Waals surface area contributed by atoms with Crippen LogP contribution in [0.25, 0.3) is 5.65 Å². The molecule has 44 heavy (non-hydrogen) atoms. The summed E-state index contributed by atoms with van der Waals surface area (Å²) in [6.45, 7) is 3.11. The van der Waals surface area contributed by atoms with Crippen LogP contribution in [0.1, 0.15) is 12.0 Å². The van der Waals surface area contributed by atoms with Crippen molar-refractivity contribution in [2.24, 2.45) is 0 Å². The minimum atomic E-state index is -4.29. The highest BCUT2D eigenvalue weighted by Crippen LogP contribution is 2.37. The summed E-state index contributed by atoms with van der Waals surface area (Å²) in [5, 5.41) is 28.3. The lowest BCUT2D eigenvalue weighted by atomic mass is 9.86. The average Bonchev–Trinajstić information content (AvgIpc) is 3.70. The van der Waals surface area contributed by atoms with Gasteiger partial charge in [-0.05, 0) is 19.2 Å². The molecule has 4 aromatic heterocycles. The Bertz CT molecular complexity index is 1650. The van der Waals surface area contributed by atoms with Gasteiger partial charge < -0.3 is 25.3 Å². The van der Waals surface area contributed by atoms with Gasteiger partial charge in [0.2, 0.25) is 11.9 Å². The molecule has 6 rings (SSSR count). The Balaban J connectivity index is 1.10. The standard InChI is InChI=1S/C27H32F3N13O/c1-38-7-9-39(10-8-38)23(44)16-41-15-21(13-33-41)35-25-36-24-22(3-2-6-42(24)37-25)40-18-26(19-40,4-5-31)43-14-20(12-34-43)11-32-17-27(28,29)30/h2-3,6,12-15,32H,4,7-11,16-19H2,1H3,(H,35,37). The first-order valence-corrected chi connectivity index (χ1v) is 14.2. The molecule has 2 N–H and O–H groups in total. The van der Waals surface area contributed by atoms with E-state index in [4.69, 9.17) is 0 Å². The third kappa shape index (κ3) is 6.31. The highest BCUT2D eigenvalue weighted by molar-refractivity contribution is 5.76. The molecule has 0 spiro atoms. The van der Waals surface area contributed by atoms with Crippen molar-refractivity contribution in [2.75, 3.05) is 63.1 Å². The van der Waals surface area contributed by atoms with Crippen LogP contribution >= 0.6 is 0 Å². The van der Waals surface area contributed by atoms with E-state index in [9.17, 15) is 23.2 Å². The summed E-state index contributed by atoms with van der Waals surface area (Å²) in [6, 6.07) is 6.00. The van der Waals surface area contributed by atoms with E-state index in [0.29, 0.717) is 49.0 Å². The van der Waals surface area contributed by atoms with Crippen molar-refractivity contribution in [1.82, 2.24) is 49.3 Å². The first kappa shape index (κ1) is 29.4. The number of carbonyl (C=O) groups excluding carboxylic acids is 1. The summed E-state index contributed by atoms with van der Waals surface area (Å²) >= 11 is 0. The average molecular weight is 612 g/mol. The summed E-state index contributed by atoms with van der Waals surface area (Å²) in [6.07, 6.45) is 4.24. The quantitative estimate of drug-likeness (QED) is 0.271. The summed E-state index contributed by atoms with van der Waals surface area (Å²) < 4.78 is 42.4. The maximum atomic E-state index is 12.7. The molecular formula is C27H32F3N13O. The van der Waals surface area contributed by atoms with Crippen LogP contribution in [-0.2, 0) is 23.4 Å². The van der Waals surface area contributed by atoms with Crippen molar-refractivity contribution in [2.45, 2.75) is 31.2 Å². The van der Waals surface area contributed by atoms with Crippen LogP contribution < -0.4 is 15.5 Å². The Morgan fingerprint density at radius 2 is 1.93 bits per heavy atom. The molecule has 2 aliphatic heterocycles. The second kappa shape index (κ2) is 11.8. The Morgan fingerprint density at radius 1 is 1.14 bits per heavy atom. The van der Waals surface area contributed by atoms with Crippen LogP contribution in [0.2, 0.25) is 0 Å². The minimum absolute atomic E-state index is 0.0200. The zero-order valence-corrected chi connectivity index (χ0v) is 24.1. The van der Waals surface area contributed by atoms with Crippen molar-refractivity contribution in [1.29, 1.82) is 5.26 Å². The molecule has 2 aliphatic rings. The highest BCUT2D eigenvalue weighted by atomic mass is 19.4. The smallest absolute Gasteiger partial charge is 0.363 e. The Labute approximate surface area is 250 Å². The fraction of sp³-hybridized carbons (Fsp3) is 0.481. The number of halogens is 3. The summed E-state index contributed by atoms with van der Waals surface area (Å²) in [7, 11) is 2.04. The first-order valence-electron chi connectivity index (χ1n) is 14.2. The van der Waals surface area contributed by atoms with Crippen LogP contribution in [0.4, 0.5) is 30.5 Å². The lowest BCUT2D eigenvalue weighted by Crippen LogP contribution is -2.63. The molecule has 17 heteroatoms. The van der Waals surface area contributed by atoms with Gasteiger partial charge in [0.1, 0.15) is 12.1 Å². The van der Waals surface area contributed by atoms with E-state index >= 15 is 0 Å². The molecule has 0 aromatic carbocycles. The molecule has 0 unspecified atom stereocenters. The predicted molar refractivity (Wildman–Crippen MR) is 153 cm³/mol. The number of rotatable bonds is 10. The molecule has 232 valence electrons. The third-order valence-corrected chi connectivity index (χ3v) is 7.88. The molecule has 0 saturated carbocycles. The number of hydrogen-bond acceptors (Lipinski definition) is 10. The van der Waals surface area contributed by atoms with E-state index in [1.165, 1.54) is 6.20 Å². The molecular weight excluding hydrogens is 579 g/mol. The number of fused-ring (bicyclic) bond motifs is 1. The van der Waals surface area contributed by atoms with E-state index < -0.39 is 18.3 Å². The zero-order chi connectivity index (χ0) is 30.9. The molecule has 2 fully saturated rings. The van der Waals surface area contributed by atoms with Crippen molar-refractivity contribution in [3.63, 3.8) is 0 Å². The molecule has 0 atom stereocenters. The van der Waals surface area contributed by atoms with E-state index in [0.717, 1.165) is 18.8 Å². The Kier molecular flexibility index (Phi) is 7.86. The molecule has 6 heterocycles. The number of carbonyl (C=O) groups is 1. The van der Waals surface area contributed by atoms with E-state index in [2.05, 4.69) is 46.8 Å². The monoisotopic (exact) mass is 611 g/mol. The molecule has 0 aliphatic carbocycles. The number of alkyl halides is 3. The van der Waals surface area contributed by atoms with Gasteiger partial charge in [-0.1, -0.05) is 0 Å². The third-order valence-electron chi connectivity index (χ3n) is 7.88. The number of piperazine rings is 1. The fourth-order valence-corrected chi connectivity index (χ4v) is 5.51. The summed E-state index contributed by atoms with van der Waals surface area (Å²) in [4.78, 5) is 23.5. The van der Waals surface area contributed by atoms with E-state index in [-0.39, 0.29) is 25.4 Å². The molecule has 2 saturated heterocycles. The Morgan fingerprint density at radius 3 is 2.68 bits per heavy atom. The number of anilines is 3. The van der Waals surface area contributed by atoms with Gasteiger partial charge in [-0.25, -0.2) is 4.52 Å². The largest absolute Gasteiger partial charge is 0.401 e. The highest BCUT2D eigenvalue weighted by Gasteiger charge is 2.46. The van der Waals surface area contributed by atoms with Crippen LogP contribution in [0.15, 0.2) is 43.1 Å². The van der Waals surface area contributed by atoms with Gasteiger partial charge in [0, 0.05) is 70.0 Å². The fourth-order valence-electron chi connectivity index (χ4n) is 5.51. The van der Waals surface area contributed by atoms with Crippen LogP contribution in [0.3, 0.4) is 0 Å². The SMILES string of the molecule is CN1CCN(C(=O)Cn2cc(Nc3nc4c(N5CC(CC#N)(n6cc(CNCC(F)(F)F)cn6)C5)cccn4n3)cn2)CC1. The summed E-state index contributed by atoms with van der Waals surface area (Å²) in [5.41, 5.74) is 2.04. The molecule has 4 aromatic rings. The van der Waals surface area contributed by atoms with Gasteiger partial charge in [-0.2, -0.15) is 33.6 Å². The van der Waals surface area contributed by atoms with Crippen LogP contribution in [0.5, 0.6) is 0 Å². The van der Waals surface area contributed by atoms with E-state index in [1.54, 1.807) is 38.7 Å². The number of nitriles is 1. The summed E-state index contributed by atoms with van der Waals surface area (Å²) in [5.74, 6) is 0.379. The van der Waals surface area contributed by atoms with Gasteiger partial charge in [0.05, 0.1) is 42.8 Å². The van der Waals surface area contributed by atoms with Crippen molar-refractivity contribution < 1.29 is 18.0 Å². The van der Waals surface area contributed by atoms with Crippen LogP contribution in [0, 0.1) is 11.3 Å². The maximum Gasteiger partial charge on any atom is 0.401 e. The van der Waals surface area contributed by atoms with Gasteiger partial charge in [-0.3, -0.25) is 14.2 Å². The topological polar surface area (TPSA) is 140 Å². The van der Waals surface area contributed by atoms with Crippen molar-refractivity contribution in [3.8, 4) is 6.07 Å². The molecule has 1 amide bonds.